The first kappa shape index (κ1) is 14.0. The SMILES string of the molecule is c1ccc(Cc2noc(CSc3nc4ccccc4o3)n2)cc1. The molecule has 0 fully saturated rings. The van der Waals surface area contributed by atoms with E-state index in [1.165, 1.54) is 11.8 Å². The fourth-order valence-corrected chi connectivity index (χ4v) is 2.91. The molecule has 0 unspecified atom stereocenters. The fourth-order valence-electron chi connectivity index (χ4n) is 2.24. The Hall–Kier alpha value is -2.60. The molecule has 0 bridgehead atoms. The molecule has 114 valence electrons. The molecule has 0 amide bonds. The molecule has 0 atom stereocenters. The third-order valence-corrected chi connectivity index (χ3v) is 4.12. The number of oxazole rings is 1. The Morgan fingerprint density at radius 1 is 0.913 bits per heavy atom. The number of aromatic nitrogens is 3. The van der Waals surface area contributed by atoms with Crippen LogP contribution in [-0.4, -0.2) is 15.1 Å². The number of hydrogen-bond donors (Lipinski definition) is 0. The maximum Gasteiger partial charge on any atom is 0.257 e. The zero-order chi connectivity index (χ0) is 15.5. The van der Waals surface area contributed by atoms with Crippen LogP contribution in [0.25, 0.3) is 11.1 Å². The summed E-state index contributed by atoms with van der Waals surface area (Å²) in [6.45, 7) is 0. The number of rotatable bonds is 5. The van der Waals surface area contributed by atoms with Crippen LogP contribution in [0.2, 0.25) is 0 Å². The van der Waals surface area contributed by atoms with E-state index in [0.717, 1.165) is 16.7 Å². The molecule has 4 aromatic rings. The van der Waals surface area contributed by atoms with Crippen LogP contribution >= 0.6 is 11.8 Å². The summed E-state index contributed by atoms with van der Waals surface area (Å²) in [6.07, 6.45) is 0.665. The molecule has 6 heteroatoms. The molecule has 2 aromatic heterocycles. The third-order valence-electron chi connectivity index (χ3n) is 3.31. The lowest BCUT2D eigenvalue weighted by atomic mass is 10.1. The van der Waals surface area contributed by atoms with E-state index in [9.17, 15) is 0 Å². The molecular weight excluding hydrogens is 310 g/mol. The molecule has 0 saturated carbocycles. The molecule has 23 heavy (non-hydrogen) atoms. The first-order valence-corrected chi connectivity index (χ1v) is 8.19. The van der Waals surface area contributed by atoms with Crippen molar-refractivity contribution in [3.63, 3.8) is 0 Å². The number of fused-ring (bicyclic) bond motifs is 1. The molecular formula is C17H13N3O2S. The van der Waals surface area contributed by atoms with E-state index in [1.54, 1.807) is 0 Å². The summed E-state index contributed by atoms with van der Waals surface area (Å²) in [7, 11) is 0. The van der Waals surface area contributed by atoms with E-state index in [2.05, 4.69) is 15.1 Å². The van der Waals surface area contributed by atoms with Crippen molar-refractivity contribution in [2.45, 2.75) is 17.4 Å². The van der Waals surface area contributed by atoms with E-state index in [-0.39, 0.29) is 0 Å². The van der Waals surface area contributed by atoms with Crippen molar-refractivity contribution >= 4 is 22.9 Å². The minimum atomic E-state index is 0.536. The molecule has 2 heterocycles. The molecule has 0 radical (unpaired) electrons. The lowest BCUT2D eigenvalue weighted by Crippen LogP contribution is -1.90. The summed E-state index contributed by atoms with van der Waals surface area (Å²) in [6, 6.07) is 17.8. The van der Waals surface area contributed by atoms with Gasteiger partial charge >= 0.3 is 0 Å². The highest BCUT2D eigenvalue weighted by Crippen LogP contribution is 2.25. The highest BCUT2D eigenvalue weighted by atomic mass is 32.2. The molecule has 2 aromatic carbocycles. The van der Waals surface area contributed by atoms with Crippen LogP contribution in [0.5, 0.6) is 0 Å². The van der Waals surface area contributed by atoms with E-state index >= 15 is 0 Å². The first-order chi connectivity index (χ1) is 11.4. The molecule has 0 aliphatic heterocycles. The van der Waals surface area contributed by atoms with Crippen molar-refractivity contribution in [2.75, 3.05) is 0 Å². The number of benzene rings is 2. The smallest absolute Gasteiger partial charge is 0.257 e. The summed E-state index contributed by atoms with van der Waals surface area (Å²) < 4.78 is 10.9. The van der Waals surface area contributed by atoms with Gasteiger partial charge in [-0.2, -0.15) is 4.98 Å². The van der Waals surface area contributed by atoms with Crippen molar-refractivity contribution in [1.82, 2.24) is 15.1 Å². The van der Waals surface area contributed by atoms with Gasteiger partial charge in [0.15, 0.2) is 11.4 Å². The van der Waals surface area contributed by atoms with Gasteiger partial charge in [0.25, 0.3) is 5.22 Å². The van der Waals surface area contributed by atoms with Crippen molar-refractivity contribution in [1.29, 1.82) is 0 Å². The van der Waals surface area contributed by atoms with Crippen LogP contribution in [0.3, 0.4) is 0 Å². The Morgan fingerprint density at radius 2 is 1.74 bits per heavy atom. The van der Waals surface area contributed by atoms with Gasteiger partial charge in [-0.25, -0.2) is 4.98 Å². The Balaban J connectivity index is 1.41. The predicted octanol–water partition coefficient (Wildman–Crippen LogP) is 4.09. The summed E-state index contributed by atoms with van der Waals surface area (Å²) in [4.78, 5) is 8.82. The summed E-state index contributed by atoms with van der Waals surface area (Å²) in [5, 5.41) is 4.62. The van der Waals surface area contributed by atoms with Crippen LogP contribution in [-0.2, 0) is 12.2 Å². The Kier molecular flexibility index (Phi) is 3.81. The maximum absolute atomic E-state index is 5.65. The molecule has 5 nitrogen and oxygen atoms in total. The molecule has 0 aliphatic rings. The maximum atomic E-state index is 5.65. The second-order valence-electron chi connectivity index (χ2n) is 5.00. The lowest BCUT2D eigenvalue weighted by molar-refractivity contribution is 0.385. The van der Waals surface area contributed by atoms with Gasteiger partial charge in [0.05, 0.1) is 5.75 Å². The minimum Gasteiger partial charge on any atom is -0.431 e. The largest absolute Gasteiger partial charge is 0.431 e. The van der Waals surface area contributed by atoms with Crippen LogP contribution < -0.4 is 0 Å². The van der Waals surface area contributed by atoms with Crippen LogP contribution in [0, 0.1) is 0 Å². The normalized spacial score (nSPS) is 11.1. The standard InChI is InChI=1S/C17H13N3O2S/c1-2-6-12(7-3-1)10-15-19-16(22-20-15)11-23-17-18-13-8-4-5-9-14(13)21-17/h1-9H,10-11H2. The van der Waals surface area contributed by atoms with Gasteiger partial charge < -0.3 is 8.94 Å². The van der Waals surface area contributed by atoms with Crippen LogP contribution in [0.4, 0.5) is 0 Å². The van der Waals surface area contributed by atoms with Gasteiger partial charge in [0.1, 0.15) is 5.52 Å². The zero-order valence-corrected chi connectivity index (χ0v) is 13.0. The summed E-state index contributed by atoms with van der Waals surface area (Å²) >= 11 is 1.44. The fraction of sp³-hybridized carbons (Fsp3) is 0.118. The highest BCUT2D eigenvalue weighted by molar-refractivity contribution is 7.98. The van der Waals surface area contributed by atoms with Gasteiger partial charge in [-0.15, -0.1) is 0 Å². The van der Waals surface area contributed by atoms with Crippen molar-refractivity contribution < 1.29 is 8.94 Å². The van der Waals surface area contributed by atoms with E-state index in [4.69, 9.17) is 8.94 Å². The second-order valence-corrected chi connectivity index (χ2v) is 5.93. The number of hydrogen-bond acceptors (Lipinski definition) is 6. The number of thioether (sulfide) groups is 1. The first-order valence-electron chi connectivity index (χ1n) is 7.20. The van der Waals surface area contributed by atoms with Crippen molar-refractivity contribution in [2.24, 2.45) is 0 Å². The van der Waals surface area contributed by atoms with Gasteiger partial charge in [-0.05, 0) is 17.7 Å². The number of para-hydroxylation sites is 2. The van der Waals surface area contributed by atoms with Gasteiger partial charge in [0.2, 0.25) is 5.89 Å². The Morgan fingerprint density at radius 3 is 2.61 bits per heavy atom. The molecule has 4 rings (SSSR count). The molecule has 0 spiro atoms. The third kappa shape index (κ3) is 3.27. The quantitative estimate of drug-likeness (QED) is 0.515. The Bertz CT molecular complexity index is 885. The van der Waals surface area contributed by atoms with Gasteiger partial charge in [-0.1, -0.05) is 59.4 Å². The molecule has 0 saturated heterocycles. The van der Waals surface area contributed by atoms with Crippen LogP contribution in [0.15, 0.2) is 68.8 Å². The average molecular weight is 323 g/mol. The average Bonchev–Trinajstić information content (AvgIpc) is 3.20. The monoisotopic (exact) mass is 323 g/mol. The van der Waals surface area contributed by atoms with E-state index in [0.29, 0.717) is 29.1 Å². The zero-order valence-electron chi connectivity index (χ0n) is 12.2. The lowest BCUT2D eigenvalue weighted by Gasteiger charge is -1.94. The molecule has 0 N–H and O–H groups in total. The topological polar surface area (TPSA) is 65.0 Å². The predicted molar refractivity (Wildman–Crippen MR) is 87.1 cm³/mol. The summed E-state index contributed by atoms with van der Waals surface area (Å²) in [5.74, 6) is 1.79. The second kappa shape index (κ2) is 6.26. The van der Waals surface area contributed by atoms with E-state index in [1.807, 2.05) is 54.6 Å². The van der Waals surface area contributed by atoms with Crippen molar-refractivity contribution in [3.05, 3.63) is 71.9 Å². The van der Waals surface area contributed by atoms with Crippen molar-refractivity contribution in [3.8, 4) is 0 Å². The van der Waals surface area contributed by atoms with E-state index < -0.39 is 0 Å². The van der Waals surface area contributed by atoms with Gasteiger partial charge in [0, 0.05) is 6.42 Å². The number of nitrogens with zero attached hydrogens (tertiary/aromatic N) is 3. The minimum absolute atomic E-state index is 0.536. The van der Waals surface area contributed by atoms with Crippen LogP contribution in [0.1, 0.15) is 17.3 Å². The van der Waals surface area contributed by atoms with Gasteiger partial charge in [-0.3, -0.25) is 0 Å². The highest BCUT2D eigenvalue weighted by Gasteiger charge is 2.11. The molecule has 0 aliphatic carbocycles. The Labute approximate surface area is 136 Å². The summed E-state index contributed by atoms with van der Waals surface area (Å²) in [5.41, 5.74) is 2.79.